The van der Waals surface area contributed by atoms with E-state index in [1.165, 1.54) is 0 Å². The van der Waals surface area contributed by atoms with E-state index in [-0.39, 0.29) is 12.2 Å². The van der Waals surface area contributed by atoms with Crippen molar-refractivity contribution < 1.29 is 9.47 Å². The van der Waals surface area contributed by atoms with Crippen LogP contribution in [0.3, 0.4) is 0 Å². The Balaban J connectivity index is 1.90. The summed E-state index contributed by atoms with van der Waals surface area (Å²) in [5, 5.41) is 11.0. The Morgan fingerprint density at radius 2 is 1.90 bits per heavy atom. The SMILES string of the molecule is CC(C#N)c1ccc(-c2ccsc2C2OCCO2)cc1. The zero-order valence-electron chi connectivity index (χ0n) is 11.2. The van der Waals surface area contributed by atoms with E-state index >= 15 is 0 Å². The first-order valence-corrected chi connectivity index (χ1v) is 7.48. The third-order valence-electron chi connectivity index (χ3n) is 3.45. The van der Waals surface area contributed by atoms with Gasteiger partial charge in [-0.05, 0) is 29.5 Å². The van der Waals surface area contributed by atoms with Gasteiger partial charge in [-0.2, -0.15) is 5.26 Å². The lowest BCUT2D eigenvalue weighted by molar-refractivity contribution is -0.0409. The van der Waals surface area contributed by atoms with Gasteiger partial charge in [-0.25, -0.2) is 0 Å². The Morgan fingerprint density at radius 3 is 2.55 bits per heavy atom. The first-order chi connectivity index (χ1) is 9.79. The number of hydrogen-bond acceptors (Lipinski definition) is 4. The van der Waals surface area contributed by atoms with Crippen molar-refractivity contribution in [3.63, 3.8) is 0 Å². The van der Waals surface area contributed by atoms with Gasteiger partial charge in [0.1, 0.15) is 0 Å². The highest BCUT2D eigenvalue weighted by Crippen LogP contribution is 2.37. The van der Waals surface area contributed by atoms with Crippen molar-refractivity contribution in [3.8, 4) is 17.2 Å². The van der Waals surface area contributed by atoms with Crippen LogP contribution in [-0.4, -0.2) is 13.2 Å². The van der Waals surface area contributed by atoms with Gasteiger partial charge >= 0.3 is 0 Å². The van der Waals surface area contributed by atoms with Crippen LogP contribution in [0.5, 0.6) is 0 Å². The second kappa shape index (κ2) is 5.76. The van der Waals surface area contributed by atoms with Crippen LogP contribution in [0.4, 0.5) is 0 Å². The molecule has 1 unspecified atom stereocenters. The first-order valence-electron chi connectivity index (χ1n) is 6.60. The fraction of sp³-hybridized carbons (Fsp3) is 0.312. The number of benzene rings is 1. The first kappa shape index (κ1) is 13.3. The van der Waals surface area contributed by atoms with Crippen molar-refractivity contribution >= 4 is 11.3 Å². The maximum atomic E-state index is 8.95. The molecule has 3 rings (SSSR count). The molecule has 0 saturated carbocycles. The summed E-state index contributed by atoms with van der Waals surface area (Å²) in [6.07, 6.45) is -0.234. The van der Waals surface area contributed by atoms with Gasteiger partial charge in [-0.3, -0.25) is 0 Å². The summed E-state index contributed by atoms with van der Waals surface area (Å²) in [6, 6.07) is 12.5. The molecule has 2 heterocycles. The molecule has 0 aliphatic carbocycles. The molecule has 0 N–H and O–H groups in total. The lowest BCUT2D eigenvalue weighted by Gasteiger charge is -2.11. The third-order valence-corrected chi connectivity index (χ3v) is 4.38. The summed E-state index contributed by atoms with van der Waals surface area (Å²) in [6.45, 7) is 3.21. The zero-order valence-corrected chi connectivity index (χ0v) is 12.0. The highest BCUT2D eigenvalue weighted by atomic mass is 32.1. The van der Waals surface area contributed by atoms with Gasteiger partial charge in [-0.15, -0.1) is 11.3 Å². The van der Waals surface area contributed by atoms with Crippen molar-refractivity contribution in [2.75, 3.05) is 13.2 Å². The van der Waals surface area contributed by atoms with E-state index in [1.54, 1.807) is 11.3 Å². The van der Waals surface area contributed by atoms with Crippen LogP contribution in [0.25, 0.3) is 11.1 Å². The van der Waals surface area contributed by atoms with Crippen LogP contribution in [0, 0.1) is 11.3 Å². The summed E-state index contributed by atoms with van der Waals surface area (Å²) in [5.41, 5.74) is 3.33. The fourth-order valence-electron chi connectivity index (χ4n) is 2.28. The molecule has 102 valence electrons. The van der Waals surface area contributed by atoms with E-state index in [0.717, 1.165) is 21.6 Å². The van der Waals surface area contributed by atoms with E-state index < -0.39 is 0 Å². The Labute approximate surface area is 122 Å². The minimum atomic E-state index is -0.234. The van der Waals surface area contributed by atoms with E-state index in [0.29, 0.717) is 13.2 Å². The molecule has 1 aliphatic heterocycles. The van der Waals surface area contributed by atoms with Gasteiger partial charge in [0.05, 0.1) is 30.1 Å². The molecule has 4 heteroatoms. The molecule has 0 spiro atoms. The minimum absolute atomic E-state index is 0.0764. The summed E-state index contributed by atoms with van der Waals surface area (Å²) in [4.78, 5) is 1.11. The van der Waals surface area contributed by atoms with Crippen molar-refractivity contribution in [1.29, 1.82) is 5.26 Å². The Morgan fingerprint density at radius 1 is 1.20 bits per heavy atom. The van der Waals surface area contributed by atoms with E-state index in [4.69, 9.17) is 14.7 Å². The lowest BCUT2D eigenvalue weighted by Crippen LogP contribution is -1.97. The van der Waals surface area contributed by atoms with Crippen molar-refractivity contribution in [3.05, 3.63) is 46.2 Å². The number of rotatable bonds is 3. The predicted octanol–water partition coefficient (Wildman–Crippen LogP) is 4.09. The summed E-state index contributed by atoms with van der Waals surface area (Å²) >= 11 is 1.65. The molecular weight excluding hydrogens is 270 g/mol. The molecule has 1 aliphatic rings. The second-order valence-electron chi connectivity index (χ2n) is 4.74. The molecule has 1 aromatic heterocycles. The van der Waals surface area contributed by atoms with Gasteiger partial charge in [0.25, 0.3) is 0 Å². The highest BCUT2D eigenvalue weighted by Gasteiger charge is 2.23. The van der Waals surface area contributed by atoms with Crippen LogP contribution in [-0.2, 0) is 9.47 Å². The van der Waals surface area contributed by atoms with Crippen LogP contribution in [0.15, 0.2) is 35.7 Å². The number of hydrogen-bond donors (Lipinski definition) is 0. The van der Waals surface area contributed by atoms with Crippen LogP contribution in [0.1, 0.15) is 29.6 Å². The van der Waals surface area contributed by atoms with Crippen LogP contribution in [0.2, 0.25) is 0 Å². The minimum Gasteiger partial charge on any atom is -0.345 e. The van der Waals surface area contributed by atoms with Crippen molar-refractivity contribution in [2.45, 2.75) is 19.1 Å². The smallest absolute Gasteiger partial charge is 0.193 e. The molecule has 1 atom stereocenters. The van der Waals surface area contributed by atoms with Gasteiger partial charge in [0, 0.05) is 5.56 Å². The van der Waals surface area contributed by atoms with E-state index in [9.17, 15) is 0 Å². The molecule has 20 heavy (non-hydrogen) atoms. The van der Waals surface area contributed by atoms with Crippen molar-refractivity contribution in [2.24, 2.45) is 0 Å². The molecule has 1 fully saturated rings. The summed E-state index contributed by atoms with van der Waals surface area (Å²) in [5.74, 6) is -0.0764. The summed E-state index contributed by atoms with van der Waals surface area (Å²) < 4.78 is 11.2. The molecule has 2 aromatic rings. The Bertz CT molecular complexity index is 621. The largest absolute Gasteiger partial charge is 0.345 e. The molecular formula is C16H15NO2S. The zero-order chi connectivity index (χ0) is 13.9. The lowest BCUT2D eigenvalue weighted by atomic mass is 9.99. The number of nitriles is 1. The predicted molar refractivity (Wildman–Crippen MR) is 78.4 cm³/mol. The highest BCUT2D eigenvalue weighted by molar-refractivity contribution is 7.10. The summed E-state index contributed by atoms with van der Waals surface area (Å²) in [7, 11) is 0. The van der Waals surface area contributed by atoms with Gasteiger partial charge in [0.2, 0.25) is 0 Å². The van der Waals surface area contributed by atoms with Gasteiger partial charge in [-0.1, -0.05) is 24.3 Å². The number of nitrogens with zero attached hydrogens (tertiary/aromatic N) is 1. The van der Waals surface area contributed by atoms with Crippen LogP contribution < -0.4 is 0 Å². The van der Waals surface area contributed by atoms with E-state index in [1.807, 2.05) is 19.1 Å². The average molecular weight is 285 g/mol. The fourth-order valence-corrected chi connectivity index (χ4v) is 3.19. The molecule has 1 saturated heterocycles. The van der Waals surface area contributed by atoms with Gasteiger partial charge < -0.3 is 9.47 Å². The normalized spacial score (nSPS) is 17.0. The van der Waals surface area contributed by atoms with Crippen molar-refractivity contribution in [1.82, 2.24) is 0 Å². The molecule has 0 bridgehead atoms. The van der Waals surface area contributed by atoms with Crippen LogP contribution >= 0.6 is 11.3 Å². The number of ether oxygens (including phenoxy) is 2. The quantitative estimate of drug-likeness (QED) is 0.853. The number of thiophene rings is 1. The molecule has 0 radical (unpaired) electrons. The Hall–Kier alpha value is -1.67. The topological polar surface area (TPSA) is 42.2 Å². The average Bonchev–Trinajstić information content (AvgIpc) is 3.16. The molecule has 3 nitrogen and oxygen atoms in total. The van der Waals surface area contributed by atoms with Gasteiger partial charge in [0.15, 0.2) is 6.29 Å². The Kier molecular flexibility index (Phi) is 3.83. The maximum absolute atomic E-state index is 8.95. The maximum Gasteiger partial charge on any atom is 0.193 e. The standard InChI is InChI=1S/C16H15NO2S/c1-11(10-17)12-2-4-13(5-3-12)14-6-9-20-15(14)16-18-7-8-19-16/h2-6,9,11,16H,7-8H2,1H3. The second-order valence-corrected chi connectivity index (χ2v) is 5.69. The third kappa shape index (κ3) is 2.48. The molecule has 1 aromatic carbocycles. The monoisotopic (exact) mass is 285 g/mol. The van der Waals surface area contributed by atoms with E-state index in [2.05, 4.69) is 29.6 Å². The molecule has 0 amide bonds.